The van der Waals surface area contributed by atoms with E-state index in [1.54, 1.807) is 30.7 Å². The van der Waals surface area contributed by atoms with Gasteiger partial charge in [0.05, 0.1) is 0 Å². The molecule has 32 heavy (non-hydrogen) atoms. The van der Waals surface area contributed by atoms with Gasteiger partial charge in [-0.15, -0.1) is 0 Å². The molecule has 3 aromatic heterocycles. The summed E-state index contributed by atoms with van der Waals surface area (Å²) in [5.74, 6) is 0.208. The Morgan fingerprint density at radius 1 is 0.969 bits per heavy atom. The fourth-order valence-corrected chi connectivity index (χ4v) is 4.15. The van der Waals surface area contributed by atoms with Crippen molar-refractivity contribution >= 4 is 17.5 Å². The molecule has 1 unspecified atom stereocenters. The predicted octanol–water partition coefficient (Wildman–Crippen LogP) is 3.29. The van der Waals surface area contributed by atoms with Crippen molar-refractivity contribution in [3.63, 3.8) is 0 Å². The van der Waals surface area contributed by atoms with Crippen LogP contribution in [0.3, 0.4) is 0 Å². The third kappa shape index (κ3) is 4.09. The second kappa shape index (κ2) is 8.63. The van der Waals surface area contributed by atoms with Crippen molar-refractivity contribution in [1.29, 1.82) is 0 Å². The topological polar surface area (TPSA) is 79.6 Å². The molecule has 1 saturated heterocycles. The van der Waals surface area contributed by atoms with E-state index in [9.17, 15) is 9.59 Å². The highest BCUT2D eigenvalue weighted by Crippen LogP contribution is 2.28. The van der Waals surface area contributed by atoms with E-state index in [1.807, 2.05) is 58.1 Å². The van der Waals surface area contributed by atoms with Gasteiger partial charge in [0.2, 0.25) is 0 Å². The smallest absolute Gasteiger partial charge is 0.253 e. The van der Waals surface area contributed by atoms with Gasteiger partial charge in [-0.1, -0.05) is 12.1 Å². The summed E-state index contributed by atoms with van der Waals surface area (Å²) < 4.78 is 1.93. The Balaban J connectivity index is 1.18. The molecule has 1 N–H and O–H groups in total. The molecular formula is C25H23N5O2. The summed E-state index contributed by atoms with van der Waals surface area (Å²) in [4.78, 5) is 35.4. The van der Waals surface area contributed by atoms with E-state index in [0.29, 0.717) is 24.2 Å². The molecule has 0 spiro atoms. The number of imidazole rings is 1. The summed E-state index contributed by atoms with van der Waals surface area (Å²) in [6.45, 7) is 1.86. The summed E-state index contributed by atoms with van der Waals surface area (Å²) in [7, 11) is 0. The normalized spacial score (nSPS) is 15.8. The highest BCUT2D eigenvalue weighted by atomic mass is 16.2. The first-order valence-corrected chi connectivity index (χ1v) is 10.7. The lowest BCUT2D eigenvalue weighted by atomic mass is 9.97. The van der Waals surface area contributed by atoms with Gasteiger partial charge in [-0.05, 0) is 53.9 Å². The number of rotatable bonds is 5. The average Bonchev–Trinajstić information content (AvgIpc) is 3.52. The van der Waals surface area contributed by atoms with Gasteiger partial charge in [-0.25, -0.2) is 4.98 Å². The predicted molar refractivity (Wildman–Crippen MR) is 120 cm³/mol. The average molecular weight is 425 g/mol. The summed E-state index contributed by atoms with van der Waals surface area (Å²) >= 11 is 0. The summed E-state index contributed by atoms with van der Waals surface area (Å²) in [6.07, 6.45) is 9.76. The minimum atomic E-state index is -0.110. The number of hydrogen-bond acceptors (Lipinski definition) is 4. The second-order valence-electron chi connectivity index (χ2n) is 8.01. The molecule has 160 valence electrons. The highest BCUT2D eigenvalue weighted by Gasteiger charge is 2.28. The first-order valence-electron chi connectivity index (χ1n) is 10.7. The van der Waals surface area contributed by atoms with Crippen LogP contribution in [0.1, 0.15) is 44.2 Å². The zero-order valence-corrected chi connectivity index (χ0v) is 17.5. The van der Waals surface area contributed by atoms with Crippen LogP contribution in [0.4, 0.5) is 0 Å². The van der Waals surface area contributed by atoms with Crippen molar-refractivity contribution in [3.8, 4) is 0 Å². The first kappa shape index (κ1) is 19.9. The van der Waals surface area contributed by atoms with E-state index in [4.69, 9.17) is 0 Å². The monoisotopic (exact) mass is 425 g/mol. The molecule has 0 aliphatic carbocycles. The van der Waals surface area contributed by atoms with Crippen LogP contribution in [-0.2, 0) is 6.54 Å². The van der Waals surface area contributed by atoms with Crippen LogP contribution in [0.15, 0.2) is 79.5 Å². The summed E-state index contributed by atoms with van der Waals surface area (Å²) in [5, 5.41) is 2.97. The van der Waals surface area contributed by atoms with Crippen LogP contribution >= 0.6 is 0 Å². The zero-order chi connectivity index (χ0) is 21.9. The standard InChI is InChI=1S/C25H23N5O2/c31-24(28-16-18-7-12-29-14-11-27-23(29)15-18)20-3-1-19(2-4-20)22-8-13-30(17-22)25(32)21-5-9-26-10-6-21/h1-7,9-12,14-15,22H,8,13,16-17H2,(H,28,31). The maximum absolute atomic E-state index is 12.7. The molecule has 4 aromatic rings. The Hall–Kier alpha value is -4.00. The number of amides is 2. The molecule has 1 aliphatic rings. The minimum Gasteiger partial charge on any atom is -0.348 e. The van der Waals surface area contributed by atoms with E-state index in [0.717, 1.165) is 29.7 Å². The van der Waals surface area contributed by atoms with Gasteiger partial charge in [0.15, 0.2) is 0 Å². The van der Waals surface area contributed by atoms with Gasteiger partial charge >= 0.3 is 0 Å². The number of nitrogens with one attached hydrogen (secondary N) is 1. The van der Waals surface area contributed by atoms with Crippen molar-refractivity contribution in [1.82, 2.24) is 24.6 Å². The number of nitrogens with zero attached hydrogens (tertiary/aromatic N) is 4. The molecule has 7 heteroatoms. The maximum atomic E-state index is 12.7. The maximum Gasteiger partial charge on any atom is 0.253 e. The third-order valence-corrected chi connectivity index (χ3v) is 5.96. The van der Waals surface area contributed by atoms with E-state index < -0.39 is 0 Å². The number of carbonyl (C=O) groups is 2. The molecular weight excluding hydrogens is 402 g/mol. The minimum absolute atomic E-state index is 0.0411. The van der Waals surface area contributed by atoms with Crippen LogP contribution in [0, 0.1) is 0 Å². The van der Waals surface area contributed by atoms with Crippen LogP contribution < -0.4 is 5.32 Å². The molecule has 1 aliphatic heterocycles. The van der Waals surface area contributed by atoms with E-state index in [1.165, 1.54) is 0 Å². The lowest BCUT2D eigenvalue weighted by Crippen LogP contribution is -2.28. The third-order valence-electron chi connectivity index (χ3n) is 5.96. The van der Waals surface area contributed by atoms with Crippen molar-refractivity contribution < 1.29 is 9.59 Å². The molecule has 0 bridgehead atoms. The molecule has 7 nitrogen and oxygen atoms in total. The Morgan fingerprint density at radius 2 is 1.78 bits per heavy atom. The molecule has 2 amide bonds. The number of pyridine rings is 2. The largest absolute Gasteiger partial charge is 0.348 e. The van der Waals surface area contributed by atoms with Gasteiger partial charge < -0.3 is 14.6 Å². The molecule has 5 rings (SSSR count). The Bertz CT molecular complexity index is 1250. The summed E-state index contributed by atoms with van der Waals surface area (Å²) in [6, 6.07) is 15.1. The van der Waals surface area contributed by atoms with Crippen molar-refractivity contribution in [2.75, 3.05) is 13.1 Å². The highest BCUT2D eigenvalue weighted by molar-refractivity contribution is 5.95. The van der Waals surface area contributed by atoms with Crippen LogP contribution in [0.5, 0.6) is 0 Å². The Labute approximate surface area is 185 Å². The molecule has 1 atom stereocenters. The number of benzene rings is 1. The van der Waals surface area contributed by atoms with E-state index in [-0.39, 0.29) is 17.7 Å². The van der Waals surface area contributed by atoms with Crippen molar-refractivity contribution in [2.24, 2.45) is 0 Å². The molecule has 0 saturated carbocycles. The van der Waals surface area contributed by atoms with Gasteiger partial charge in [-0.2, -0.15) is 0 Å². The fourth-order valence-electron chi connectivity index (χ4n) is 4.15. The first-order chi connectivity index (χ1) is 15.7. The van der Waals surface area contributed by atoms with Gasteiger partial charge in [0.25, 0.3) is 11.8 Å². The van der Waals surface area contributed by atoms with Crippen LogP contribution in [0.2, 0.25) is 0 Å². The lowest BCUT2D eigenvalue weighted by molar-refractivity contribution is 0.0790. The number of aromatic nitrogens is 3. The van der Waals surface area contributed by atoms with Crippen LogP contribution in [-0.4, -0.2) is 44.2 Å². The fraction of sp³-hybridized carbons (Fsp3) is 0.200. The van der Waals surface area contributed by atoms with Crippen molar-refractivity contribution in [2.45, 2.75) is 18.9 Å². The second-order valence-corrected chi connectivity index (χ2v) is 8.01. The molecule has 1 aromatic carbocycles. The van der Waals surface area contributed by atoms with Crippen molar-refractivity contribution in [3.05, 3.63) is 102 Å². The number of carbonyl (C=O) groups excluding carboxylic acids is 2. The number of likely N-dealkylation sites (tertiary alicyclic amines) is 1. The summed E-state index contributed by atoms with van der Waals surface area (Å²) in [5.41, 5.74) is 4.29. The molecule has 4 heterocycles. The quantitative estimate of drug-likeness (QED) is 0.532. The van der Waals surface area contributed by atoms with E-state index >= 15 is 0 Å². The lowest BCUT2D eigenvalue weighted by Gasteiger charge is -2.17. The van der Waals surface area contributed by atoms with Gasteiger partial charge in [-0.3, -0.25) is 14.6 Å². The SMILES string of the molecule is O=C(NCc1ccn2ccnc2c1)c1ccc(C2CCN(C(=O)c3ccncc3)C2)cc1. The zero-order valence-electron chi connectivity index (χ0n) is 17.5. The van der Waals surface area contributed by atoms with E-state index in [2.05, 4.69) is 15.3 Å². The Kier molecular flexibility index (Phi) is 5.37. The van der Waals surface area contributed by atoms with Gasteiger partial charge in [0, 0.05) is 67.7 Å². The van der Waals surface area contributed by atoms with Crippen LogP contribution in [0.25, 0.3) is 5.65 Å². The molecule has 0 radical (unpaired) electrons. The Morgan fingerprint density at radius 3 is 2.59 bits per heavy atom. The molecule has 1 fully saturated rings. The van der Waals surface area contributed by atoms with Gasteiger partial charge in [0.1, 0.15) is 5.65 Å². The number of hydrogen-bond donors (Lipinski definition) is 1. The number of fused-ring (bicyclic) bond motifs is 1.